The maximum absolute atomic E-state index is 13.7. The van der Waals surface area contributed by atoms with Gasteiger partial charge >= 0.3 is 0 Å². The molecule has 8 heteroatoms. The van der Waals surface area contributed by atoms with Crippen molar-refractivity contribution in [2.24, 2.45) is 5.92 Å². The molecule has 0 unspecified atom stereocenters. The third kappa shape index (κ3) is 4.91. The highest BCUT2D eigenvalue weighted by Crippen LogP contribution is 2.25. The van der Waals surface area contributed by atoms with Crippen molar-refractivity contribution in [3.8, 4) is 11.4 Å². The molecule has 0 saturated carbocycles. The van der Waals surface area contributed by atoms with Gasteiger partial charge in [-0.2, -0.15) is 0 Å². The maximum Gasteiger partial charge on any atom is 0.234 e. The number of nitrogens with zero attached hydrogens (tertiary/aromatic N) is 4. The molecular weight excluding hydrogens is 365 g/mol. The van der Waals surface area contributed by atoms with E-state index in [0.29, 0.717) is 23.4 Å². The summed E-state index contributed by atoms with van der Waals surface area (Å²) >= 11 is 1.27. The highest BCUT2D eigenvalue weighted by Gasteiger charge is 2.17. The molecule has 0 aliphatic rings. The van der Waals surface area contributed by atoms with E-state index in [1.807, 2.05) is 16.7 Å². The molecule has 27 heavy (non-hydrogen) atoms. The smallest absolute Gasteiger partial charge is 0.234 e. The van der Waals surface area contributed by atoms with Gasteiger partial charge in [-0.1, -0.05) is 37.7 Å². The SMILES string of the molecule is CC(C)Cn1c(SCC(=O)Nc2ccccc2F)nnc1-c1cccnc1. The molecule has 1 N–H and O–H groups in total. The second-order valence-electron chi connectivity index (χ2n) is 6.37. The molecule has 140 valence electrons. The van der Waals surface area contributed by atoms with Gasteiger partial charge in [0.25, 0.3) is 0 Å². The molecule has 1 aromatic carbocycles. The van der Waals surface area contributed by atoms with Crippen molar-refractivity contribution in [2.45, 2.75) is 25.5 Å². The minimum absolute atomic E-state index is 0.109. The van der Waals surface area contributed by atoms with Gasteiger partial charge in [-0.3, -0.25) is 9.78 Å². The zero-order valence-electron chi connectivity index (χ0n) is 15.1. The molecule has 0 aliphatic heterocycles. The summed E-state index contributed by atoms with van der Waals surface area (Å²) < 4.78 is 15.6. The summed E-state index contributed by atoms with van der Waals surface area (Å²) in [6.45, 7) is 4.92. The quantitative estimate of drug-likeness (QED) is 0.625. The van der Waals surface area contributed by atoms with Crippen molar-refractivity contribution >= 4 is 23.4 Å². The van der Waals surface area contributed by atoms with Crippen LogP contribution in [0, 0.1) is 11.7 Å². The number of para-hydroxylation sites is 1. The Balaban J connectivity index is 1.73. The molecule has 1 amide bonds. The fourth-order valence-electron chi connectivity index (χ4n) is 2.51. The van der Waals surface area contributed by atoms with Crippen LogP contribution in [0.2, 0.25) is 0 Å². The Morgan fingerprint density at radius 3 is 2.74 bits per heavy atom. The van der Waals surface area contributed by atoms with E-state index in [0.717, 1.165) is 5.56 Å². The number of rotatable bonds is 7. The van der Waals surface area contributed by atoms with Gasteiger partial charge in [-0.05, 0) is 30.2 Å². The molecule has 0 spiro atoms. The first-order chi connectivity index (χ1) is 13.0. The number of halogens is 1. The summed E-state index contributed by atoms with van der Waals surface area (Å²) in [5.74, 6) is 0.444. The lowest BCUT2D eigenvalue weighted by Crippen LogP contribution is -2.16. The number of pyridine rings is 1. The van der Waals surface area contributed by atoms with Crippen molar-refractivity contribution in [2.75, 3.05) is 11.1 Å². The lowest BCUT2D eigenvalue weighted by molar-refractivity contribution is -0.113. The van der Waals surface area contributed by atoms with Crippen LogP contribution in [0.4, 0.5) is 10.1 Å². The van der Waals surface area contributed by atoms with Gasteiger partial charge in [-0.15, -0.1) is 10.2 Å². The fraction of sp³-hybridized carbons (Fsp3) is 0.263. The molecule has 0 aliphatic carbocycles. The second kappa shape index (κ2) is 8.77. The lowest BCUT2D eigenvalue weighted by Gasteiger charge is -2.12. The van der Waals surface area contributed by atoms with Crippen molar-refractivity contribution in [1.82, 2.24) is 19.7 Å². The standard InChI is InChI=1S/C19H20FN5OS/c1-13(2)11-25-18(14-6-5-9-21-10-14)23-24-19(25)27-12-17(26)22-16-8-4-3-7-15(16)20/h3-10,13H,11-12H2,1-2H3,(H,22,26). The van der Waals surface area contributed by atoms with Gasteiger partial charge in [-0.25, -0.2) is 4.39 Å². The predicted octanol–water partition coefficient (Wildman–Crippen LogP) is 3.87. The average Bonchev–Trinajstić information content (AvgIpc) is 3.04. The van der Waals surface area contributed by atoms with Crippen LogP contribution in [0.15, 0.2) is 53.9 Å². The van der Waals surface area contributed by atoms with E-state index in [-0.39, 0.29) is 17.3 Å². The van der Waals surface area contributed by atoms with E-state index < -0.39 is 5.82 Å². The highest BCUT2D eigenvalue weighted by atomic mass is 32.2. The summed E-state index contributed by atoms with van der Waals surface area (Å²) in [5.41, 5.74) is 1.04. The van der Waals surface area contributed by atoms with Gasteiger partial charge in [0.1, 0.15) is 5.82 Å². The number of amides is 1. The molecule has 3 aromatic rings. The number of carbonyl (C=O) groups excluding carboxylic acids is 1. The Hall–Kier alpha value is -2.74. The number of anilines is 1. The van der Waals surface area contributed by atoms with Crippen molar-refractivity contribution < 1.29 is 9.18 Å². The molecule has 0 bridgehead atoms. The minimum Gasteiger partial charge on any atom is -0.323 e. The maximum atomic E-state index is 13.7. The first-order valence-corrected chi connectivity index (χ1v) is 9.54. The Morgan fingerprint density at radius 1 is 1.22 bits per heavy atom. The summed E-state index contributed by atoms with van der Waals surface area (Å²) in [7, 11) is 0. The van der Waals surface area contributed by atoms with Crippen LogP contribution < -0.4 is 5.32 Å². The number of aromatic nitrogens is 4. The zero-order chi connectivity index (χ0) is 19.2. The Morgan fingerprint density at radius 2 is 2.04 bits per heavy atom. The Bertz CT molecular complexity index is 913. The Kier molecular flexibility index (Phi) is 6.18. The van der Waals surface area contributed by atoms with Crippen LogP contribution in [0.25, 0.3) is 11.4 Å². The number of benzene rings is 1. The third-order valence-electron chi connectivity index (χ3n) is 3.66. The summed E-state index contributed by atoms with van der Waals surface area (Å²) in [5, 5.41) is 11.7. The Labute approximate surface area is 161 Å². The van der Waals surface area contributed by atoms with Gasteiger partial charge in [0.2, 0.25) is 5.91 Å². The minimum atomic E-state index is -0.460. The molecular formula is C19H20FN5OS. The second-order valence-corrected chi connectivity index (χ2v) is 7.31. The van der Waals surface area contributed by atoms with Gasteiger partial charge in [0, 0.05) is 24.5 Å². The van der Waals surface area contributed by atoms with Gasteiger partial charge in [0.05, 0.1) is 11.4 Å². The van der Waals surface area contributed by atoms with Crippen LogP contribution >= 0.6 is 11.8 Å². The van der Waals surface area contributed by atoms with E-state index in [4.69, 9.17) is 0 Å². The molecule has 0 fully saturated rings. The molecule has 3 rings (SSSR count). The van der Waals surface area contributed by atoms with E-state index in [9.17, 15) is 9.18 Å². The average molecular weight is 385 g/mol. The van der Waals surface area contributed by atoms with E-state index in [1.165, 1.54) is 23.9 Å². The van der Waals surface area contributed by atoms with Crippen molar-refractivity contribution in [3.63, 3.8) is 0 Å². The number of hydrogen-bond acceptors (Lipinski definition) is 5. The summed E-state index contributed by atoms with van der Waals surface area (Å²) in [6, 6.07) is 9.85. The highest BCUT2D eigenvalue weighted by molar-refractivity contribution is 7.99. The monoisotopic (exact) mass is 385 g/mol. The molecule has 2 aromatic heterocycles. The predicted molar refractivity (Wildman–Crippen MR) is 104 cm³/mol. The summed E-state index contributed by atoms with van der Waals surface area (Å²) in [4.78, 5) is 16.3. The number of carbonyl (C=O) groups is 1. The van der Waals surface area contributed by atoms with Crippen LogP contribution in [0.3, 0.4) is 0 Å². The molecule has 0 radical (unpaired) electrons. The van der Waals surface area contributed by atoms with Crippen LogP contribution in [0.1, 0.15) is 13.8 Å². The van der Waals surface area contributed by atoms with Gasteiger partial charge in [0.15, 0.2) is 11.0 Å². The normalized spacial score (nSPS) is 11.0. The van der Waals surface area contributed by atoms with Gasteiger partial charge < -0.3 is 9.88 Å². The number of hydrogen-bond donors (Lipinski definition) is 1. The first kappa shape index (κ1) is 19.0. The largest absolute Gasteiger partial charge is 0.323 e. The zero-order valence-corrected chi connectivity index (χ0v) is 15.9. The molecule has 0 atom stereocenters. The molecule has 6 nitrogen and oxygen atoms in total. The van der Waals surface area contributed by atoms with Crippen LogP contribution in [-0.4, -0.2) is 31.4 Å². The van der Waals surface area contributed by atoms with Crippen LogP contribution in [-0.2, 0) is 11.3 Å². The molecule has 0 saturated heterocycles. The number of nitrogens with one attached hydrogen (secondary N) is 1. The topological polar surface area (TPSA) is 72.7 Å². The van der Waals surface area contributed by atoms with E-state index in [2.05, 4.69) is 34.3 Å². The van der Waals surface area contributed by atoms with Crippen molar-refractivity contribution in [1.29, 1.82) is 0 Å². The van der Waals surface area contributed by atoms with Crippen LogP contribution in [0.5, 0.6) is 0 Å². The lowest BCUT2D eigenvalue weighted by atomic mass is 10.2. The van der Waals surface area contributed by atoms with E-state index >= 15 is 0 Å². The number of thioether (sulfide) groups is 1. The van der Waals surface area contributed by atoms with Crippen molar-refractivity contribution in [3.05, 3.63) is 54.6 Å². The first-order valence-electron chi connectivity index (χ1n) is 8.55. The van der Waals surface area contributed by atoms with E-state index in [1.54, 1.807) is 24.5 Å². The summed E-state index contributed by atoms with van der Waals surface area (Å²) in [6.07, 6.45) is 3.44. The molecule has 2 heterocycles. The fourth-order valence-corrected chi connectivity index (χ4v) is 3.26. The third-order valence-corrected chi connectivity index (χ3v) is 4.63.